The number of nitrogens with one attached hydrogen (secondary N) is 1. The fraction of sp³-hybridized carbons (Fsp3) is 0.588. The van der Waals surface area contributed by atoms with Crippen molar-refractivity contribution in [1.29, 1.82) is 0 Å². The lowest BCUT2D eigenvalue weighted by molar-refractivity contribution is 0.0830. The Hall–Kier alpha value is -1.02. The van der Waals surface area contributed by atoms with Crippen molar-refractivity contribution >= 4 is 17.5 Å². The SMILES string of the molecule is CC(C)(C)C1CCCCC1NC(=O)c1ccc(Cl)cc1. The third kappa shape index (κ3) is 3.76. The van der Waals surface area contributed by atoms with Crippen LogP contribution in [0.2, 0.25) is 5.02 Å². The van der Waals surface area contributed by atoms with Crippen LogP contribution in [-0.2, 0) is 0 Å². The van der Waals surface area contributed by atoms with Gasteiger partial charge in [0.05, 0.1) is 0 Å². The van der Waals surface area contributed by atoms with Gasteiger partial charge in [-0.1, -0.05) is 45.2 Å². The molecule has 0 spiro atoms. The minimum Gasteiger partial charge on any atom is -0.349 e. The quantitative estimate of drug-likeness (QED) is 0.843. The molecular weight excluding hydrogens is 270 g/mol. The average molecular weight is 294 g/mol. The zero-order chi connectivity index (χ0) is 14.8. The van der Waals surface area contributed by atoms with Crippen LogP contribution in [0.1, 0.15) is 56.8 Å². The summed E-state index contributed by atoms with van der Waals surface area (Å²) in [4.78, 5) is 12.3. The summed E-state index contributed by atoms with van der Waals surface area (Å²) < 4.78 is 0. The fourth-order valence-electron chi connectivity index (χ4n) is 3.19. The lowest BCUT2D eigenvalue weighted by Crippen LogP contribution is -2.46. The van der Waals surface area contributed by atoms with Gasteiger partial charge in [-0.05, 0) is 48.4 Å². The van der Waals surface area contributed by atoms with E-state index >= 15 is 0 Å². The minimum absolute atomic E-state index is 0.0165. The van der Waals surface area contributed by atoms with Crippen molar-refractivity contribution in [1.82, 2.24) is 5.32 Å². The van der Waals surface area contributed by atoms with Gasteiger partial charge in [0.15, 0.2) is 0 Å². The van der Waals surface area contributed by atoms with E-state index in [9.17, 15) is 4.79 Å². The molecule has 1 aromatic carbocycles. The van der Waals surface area contributed by atoms with Crippen molar-refractivity contribution < 1.29 is 4.79 Å². The molecule has 0 aliphatic heterocycles. The molecule has 1 N–H and O–H groups in total. The number of amides is 1. The van der Waals surface area contributed by atoms with Crippen LogP contribution in [0.4, 0.5) is 0 Å². The molecule has 0 aromatic heterocycles. The van der Waals surface area contributed by atoms with Gasteiger partial charge in [0, 0.05) is 16.6 Å². The number of carbonyl (C=O) groups is 1. The van der Waals surface area contributed by atoms with Gasteiger partial charge in [-0.15, -0.1) is 0 Å². The molecule has 2 atom stereocenters. The zero-order valence-electron chi connectivity index (χ0n) is 12.6. The predicted molar refractivity (Wildman–Crippen MR) is 84.1 cm³/mol. The van der Waals surface area contributed by atoms with E-state index < -0.39 is 0 Å². The highest BCUT2D eigenvalue weighted by atomic mass is 35.5. The topological polar surface area (TPSA) is 29.1 Å². The highest BCUT2D eigenvalue weighted by Gasteiger charge is 2.34. The van der Waals surface area contributed by atoms with Gasteiger partial charge in [0.25, 0.3) is 5.91 Å². The van der Waals surface area contributed by atoms with Gasteiger partial charge in [0.1, 0.15) is 0 Å². The largest absolute Gasteiger partial charge is 0.349 e. The molecule has 0 saturated heterocycles. The molecule has 1 saturated carbocycles. The standard InChI is InChI=1S/C17H24ClNO/c1-17(2,3)14-6-4-5-7-15(14)19-16(20)12-8-10-13(18)11-9-12/h8-11,14-15H,4-7H2,1-3H3,(H,19,20). The lowest BCUT2D eigenvalue weighted by Gasteiger charge is -2.40. The van der Waals surface area contributed by atoms with Gasteiger partial charge in [-0.2, -0.15) is 0 Å². The maximum atomic E-state index is 12.3. The first kappa shape index (κ1) is 15.4. The molecule has 2 rings (SSSR count). The molecule has 1 aliphatic rings. The molecule has 1 aromatic rings. The Morgan fingerprint density at radius 2 is 1.75 bits per heavy atom. The summed E-state index contributed by atoms with van der Waals surface area (Å²) in [5.74, 6) is 0.565. The van der Waals surface area contributed by atoms with Crippen LogP contribution in [0.5, 0.6) is 0 Å². The van der Waals surface area contributed by atoms with Crippen LogP contribution >= 0.6 is 11.6 Å². The normalized spacial score (nSPS) is 23.4. The van der Waals surface area contributed by atoms with E-state index in [0.29, 0.717) is 16.5 Å². The number of hydrogen-bond acceptors (Lipinski definition) is 1. The zero-order valence-corrected chi connectivity index (χ0v) is 13.3. The number of carbonyl (C=O) groups excluding carboxylic acids is 1. The summed E-state index contributed by atoms with van der Waals surface area (Å²) in [5, 5.41) is 3.89. The molecular formula is C17H24ClNO. The van der Waals surface area contributed by atoms with Crippen LogP contribution in [0.15, 0.2) is 24.3 Å². The second-order valence-corrected chi connectivity index (χ2v) is 7.28. The van der Waals surface area contributed by atoms with Gasteiger partial charge >= 0.3 is 0 Å². The Kier molecular flexibility index (Phi) is 4.74. The Bertz CT molecular complexity index is 461. The monoisotopic (exact) mass is 293 g/mol. The molecule has 0 heterocycles. The van der Waals surface area contributed by atoms with E-state index in [-0.39, 0.29) is 17.4 Å². The van der Waals surface area contributed by atoms with E-state index in [1.165, 1.54) is 19.3 Å². The molecule has 1 fully saturated rings. The van der Waals surface area contributed by atoms with Crippen LogP contribution in [0.25, 0.3) is 0 Å². The highest BCUT2D eigenvalue weighted by molar-refractivity contribution is 6.30. The van der Waals surface area contributed by atoms with Crippen molar-refractivity contribution in [3.63, 3.8) is 0 Å². The van der Waals surface area contributed by atoms with Gasteiger partial charge in [-0.3, -0.25) is 4.79 Å². The number of halogens is 1. The Morgan fingerprint density at radius 1 is 1.15 bits per heavy atom. The smallest absolute Gasteiger partial charge is 0.251 e. The Labute approximate surface area is 126 Å². The molecule has 1 aliphatic carbocycles. The van der Waals surface area contributed by atoms with Gasteiger partial charge in [0.2, 0.25) is 0 Å². The first-order valence-corrected chi connectivity index (χ1v) is 7.82. The molecule has 1 amide bonds. The molecule has 3 heteroatoms. The molecule has 20 heavy (non-hydrogen) atoms. The fourth-order valence-corrected chi connectivity index (χ4v) is 3.32. The van der Waals surface area contributed by atoms with Crippen LogP contribution in [0.3, 0.4) is 0 Å². The van der Waals surface area contributed by atoms with Crippen molar-refractivity contribution in [3.8, 4) is 0 Å². The number of benzene rings is 1. The van der Waals surface area contributed by atoms with Crippen LogP contribution < -0.4 is 5.32 Å². The second-order valence-electron chi connectivity index (χ2n) is 6.84. The second kappa shape index (κ2) is 6.17. The maximum Gasteiger partial charge on any atom is 0.251 e. The number of hydrogen-bond donors (Lipinski definition) is 1. The highest BCUT2D eigenvalue weighted by Crippen LogP contribution is 2.38. The summed E-state index contributed by atoms with van der Waals surface area (Å²) in [6.07, 6.45) is 4.77. The van der Waals surface area contributed by atoms with Crippen LogP contribution in [0, 0.1) is 11.3 Å². The third-order valence-corrected chi connectivity index (χ3v) is 4.55. The predicted octanol–water partition coefficient (Wildman–Crippen LogP) is 4.67. The first-order chi connectivity index (χ1) is 9.38. The Balaban J connectivity index is 2.07. The molecule has 2 nitrogen and oxygen atoms in total. The number of rotatable bonds is 2. The van der Waals surface area contributed by atoms with Gasteiger partial charge in [-0.25, -0.2) is 0 Å². The summed E-state index contributed by atoms with van der Waals surface area (Å²) in [7, 11) is 0. The van der Waals surface area contributed by atoms with E-state index in [1.807, 2.05) is 0 Å². The first-order valence-electron chi connectivity index (χ1n) is 7.44. The van der Waals surface area contributed by atoms with E-state index in [4.69, 9.17) is 11.6 Å². The van der Waals surface area contributed by atoms with Crippen molar-refractivity contribution in [2.75, 3.05) is 0 Å². The summed E-state index contributed by atoms with van der Waals surface area (Å²) in [6, 6.07) is 7.38. The molecule has 0 radical (unpaired) electrons. The van der Waals surface area contributed by atoms with E-state index in [0.717, 1.165) is 6.42 Å². The summed E-state index contributed by atoms with van der Waals surface area (Å²) in [6.45, 7) is 6.80. The lowest BCUT2D eigenvalue weighted by atomic mass is 9.69. The van der Waals surface area contributed by atoms with Crippen LogP contribution in [-0.4, -0.2) is 11.9 Å². The van der Waals surface area contributed by atoms with E-state index in [2.05, 4.69) is 26.1 Å². The summed E-state index contributed by atoms with van der Waals surface area (Å²) >= 11 is 5.86. The average Bonchev–Trinajstić information content (AvgIpc) is 2.38. The Morgan fingerprint density at radius 3 is 2.35 bits per heavy atom. The van der Waals surface area contributed by atoms with Crippen molar-refractivity contribution in [3.05, 3.63) is 34.9 Å². The molecule has 110 valence electrons. The maximum absolute atomic E-state index is 12.3. The molecule has 2 unspecified atom stereocenters. The molecule has 0 bridgehead atoms. The van der Waals surface area contributed by atoms with Crippen molar-refractivity contribution in [2.24, 2.45) is 11.3 Å². The minimum atomic E-state index is 0.0165. The third-order valence-electron chi connectivity index (χ3n) is 4.30. The van der Waals surface area contributed by atoms with E-state index in [1.54, 1.807) is 24.3 Å². The van der Waals surface area contributed by atoms with Gasteiger partial charge < -0.3 is 5.32 Å². The summed E-state index contributed by atoms with van der Waals surface area (Å²) in [5.41, 5.74) is 0.922. The van der Waals surface area contributed by atoms with Crippen molar-refractivity contribution in [2.45, 2.75) is 52.5 Å².